The second kappa shape index (κ2) is 5.17. The molecule has 1 unspecified atom stereocenters. The molecule has 1 N–H and O–H groups in total. The topological polar surface area (TPSA) is 120 Å². The van der Waals surface area contributed by atoms with Crippen LogP contribution in [0.25, 0.3) is 10.2 Å². The first-order valence-corrected chi connectivity index (χ1v) is 7.16. The van der Waals surface area contributed by atoms with Gasteiger partial charge in [0.1, 0.15) is 6.61 Å². The second-order valence-electron chi connectivity index (χ2n) is 3.53. The maximum absolute atomic E-state index is 10.9. The standard InChI is InChI=1S/C9H8N2O6S2/c12-11(13)7(5-17-19(14,15)16)9-10-6-3-1-2-4-8(6)18-9/h1-4,7H,5H2,(H,14,15,16). The molecule has 0 radical (unpaired) electrons. The lowest BCUT2D eigenvalue weighted by Gasteiger charge is -2.04. The summed E-state index contributed by atoms with van der Waals surface area (Å²) in [6.45, 7) is -0.800. The Bertz CT molecular complexity index is 677. The Morgan fingerprint density at radius 3 is 2.74 bits per heavy atom. The summed E-state index contributed by atoms with van der Waals surface area (Å²) < 4.78 is 34.2. The number of rotatable bonds is 5. The Labute approximate surface area is 111 Å². The smallest absolute Gasteiger partial charge is 0.264 e. The predicted molar refractivity (Wildman–Crippen MR) is 66.9 cm³/mol. The molecule has 19 heavy (non-hydrogen) atoms. The van der Waals surface area contributed by atoms with Gasteiger partial charge in [-0.2, -0.15) is 8.42 Å². The van der Waals surface area contributed by atoms with Crippen molar-refractivity contribution < 1.29 is 22.1 Å². The lowest BCUT2D eigenvalue weighted by atomic mass is 10.3. The number of hydrogen-bond donors (Lipinski definition) is 1. The first kappa shape index (κ1) is 13.8. The number of nitrogens with zero attached hydrogens (tertiary/aromatic N) is 2. The summed E-state index contributed by atoms with van der Waals surface area (Å²) in [5, 5.41) is 11.0. The van der Waals surface area contributed by atoms with E-state index in [2.05, 4.69) is 9.17 Å². The van der Waals surface area contributed by atoms with Crippen molar-refractivity contribution in [1.82, 2.24) is 4.98 Å². The maximum Gasteiger partial charge on any atom is 0.397 e. The number of hydrogen-bond acceptors (Lipinski definition) is 7. The summed E-state index contributed by atoms with van der Waals surface area (Å²) in [4.78, 5) is 14.3. The molecule has 0 aliphatic heterocycles. The molecule has 1 aromatic heterocycles. The number of aromatic nitrogens is 1. The molecule has 2 aromatic rings. The van der Waals surface area contributed by atoms with Crippen molar-refractivity contribution in [3.8, 4) is 0 Å². The summed E-state index contributed by atoms with van der Waals surface area (Å²) in [6, 6.07) is 5.49. The zero-order valence-electron chi connectivity index (χ0n) is 9.29. The van der Waals surface area contributed by atoms with E-state index in [4.69, 9.17) is 4.55 Å². The van der Waals surface area contributed by atoms with E-state index in [1.165, 1.54) is 0 Å². The van der Waals surface area contributed by atoms with Crippen molar-refractivity contribution in [1.29, 1.82) is 0 Å². The maximum atomic E-state index is 10.9. The van der Waals surface area contributed by atoms with Gasteiger partial charge in [0.2, 0.25) is 0 Å². The molecule has 2 rings (SSSR count). The van der Waals surface area contributed by atoms with Crippen LogP contribution in [-0.2, 0) is 14.6 Å². The van der Waals surface area contributed by atoms with Crippen molar-refractivity contribution in [3.05, 3.63) is 39.4 Å². The van der Waals surface area contributed by atoms with Crippen LogP contribution >= 0.6 is 11.3 Å². The van der Waals surface area contributed by atoms with Gasteiger partial charge in [-0.05, 0) is 12.1 Å². The van der Waals surface area contributed by atoms with Gasteiger partial charge in [-0.1, -0.05) is 12.1 Å². The van der Waals surface area contributed by atoms with Crippen LogP contribution in [0.1, 0.15) is 11.0 Å². The van der Waals surface area contributed by atoms with Crippen molar-refractivity contribution in [2.75, 3.05) is 6.61 Å². The molecule has 0 aliphatic rings. The van der Waals surface area contributed by atoms with Gasteiger partial charge in [0.15, 0.2) is 5.01 Å². The van der Waals surface area contributed by atoms with Crippen molar-refractivity contribution in [2.45, 2.75) is 6.04 Å². The predicted octanol–water partition coefficient (Wildman–Crippen LogP) is 1.43. The molecule has 0 amide bonds. The molecule has 0 saturated carbocycles. The van der Waals surface area contributed by atoms with Gasteiger partial charge < -0.3 is 0 Å². The number of para-hydroxylation sites is 1. The highest BCUT2D eigenvalue weighted by molar-refractivity contribution is 7.80. The van der Waals surface area contributed by atoms with Gasteiger partial charge >= 0.3 is 10.4 Å². The largest absolute Gasteiger partial charge is 0.397 e. The molecule has 0 saturated heterocycles. The summed E-state index contributed by atoms with van der Waals surface area (Å²) >= 11 is 1.08. The molecule has 1 heterocycles. The summed E-state index contributed by atoms with van der Waals surface area (Å²) in [7, 11) is -4.72. The average Bonchev–Trinajstić information content (AvgIpc) is 2.70. The highest BCUT2D eigenvalue weighted by atomic mass is 32.3. The number of nitro groups is 1. The van der Waals surface area contributed by atoms with Crippen LogP contribution in [0.15, 0.2) is 24.3 Å². The quantitative estimate of drug-likeness (QED) is 0.504. The van der Waals surface area contributed by atoms with Gasteiger partial charge in [0.25, 0.3) is 6.04 Å². The molecule has 0 spiro atoms. The van der Waals surface area contributed by atoms with Crippen LogP contribution in [0, 0.1) is 10.1 Å². The van der Waals surface area contributed by atoms with Gasteiger partial charge in [0.05, 0.1) is 10.2 Å². The molecule has 10 heteroatoms. The Morgan fingerprint density at radius 2 is 2.16 bits per heavy atom. The third-order valence-electron chi connectivity index (χ3n) is 2.22. The van der Waals surface area contributed by atoms with Crippen molar-refractivity contribution >= 4 is 32.0 Å². The van der Waals surface area contributed by atoms with E-state index in [0.717, 1.165) is 16.0 Å². The molecule has 0 aliphatic carbocycles. The van der Waals surface area contributed by atoms with E-state index in [1.807, 2.05) is 0 Å². The van der Waals surface area contributed by atoms with Gasteiger partial charge in [0, 0.05) is 4.92 Å². The van der Waals surface area contributed by atoms with E-state index in [9.17, 15) is 18.5 Å². The molecule has 8 nitrogen and oxygen atoms in total. The van der Waals surface area contributed by atoms with Crippen LogP contribution in [0.5, 0.6) is 0 Å². The minimum absolute atomic E-state index is 0.120. The first-order valence-electron chi connectivity index (χ1n) is 4.97. The summed E-state index contributed by atoms with van der Waals surface area (Å²) in [5.41, 5.74) is 0.584. The number of thiazole rings is 1. The molecule has 102 valence electrons. The molecular formula is C9H8N2O6S2. The second-order valence-corrected chi connectivity index (χ2v) is 5.69. The van der Waals surface area contributed by atoms with E-state index in [1.54, 1.807) is 24.3 Å². The third kappa shape index (κ3) is 3.44. The summed E-state index contributed by atoms with van der Waals surface area (Å²) in [5.74, 6) is 0. The number of fused-ring (bicyclic) bond motifs is 1. The molecule has 0 fully saturated rings. The average molecular weight is 304 g/mol. The van der Waals surface area contributed by atoms with Crippen molar-refractivity contribution in [3.63, 3.8) is 0 Å². The van der Waals surface area contributed by atoms with Gasteiger partial charge in [-0.15, -0.1) is 11.3 Å². The lowest BCUT2D eigenvalue weighted by Crippen LogP contribution is -2.19. The fourth-order valence-corrected chi connectivity index (χ4v) is 2.73. The molecular weight excluding hydrogens is 296 g/mol. The minimum Gasteiger partial charge on any atom is -0.264 e. The zero-order valence-corrected chi connectivity index (χ0v) is 10.9. The van der Waals surface area contributed by atoms with E-state index < -0.39 is 28.0 Å². The van der Waals surface area contributed by atoms with Crippen LogP contribution < -0.4 is 0 Å². The normalized spacial score (nSPS) is 13.5. The first-order chi connectivity index (χ1) is 8.87. The van der Waals surface area contributed by atoms with E-state index in [-0.39, 0.29) is 5.01 Å². The van der Waals surface area contributed by atoms with E-state index in [0.29, 0.717) is 5.52 Å². The molecule has 1 atom stereocenters. The Morgan fingerprint density at radius 1 is 1.47 bits per heavy atom. The van der Waals surface area contributed by atoms with Crippen LogP contribution in [0.2, 0.25) is 0 Å². The van der Waals surface area contributed by atoms with Crippen LogP contribution in [0.3, 0.4) is 0 Å². The lowest BCUT2D eigenvalue weighted by molar-refractivity contribution is -0.531. The van der Waals surface area contributed by atoms with Gasteiger partial charge in [-0.25, -0.2) is 9.17 Å². The minimum atomic E-state index is -4.72. The van der Waals surface area contributed by atoms with Crippen LogP contribution in [-0.4, -0.2) is 29.5 Å². The number of benzene rings is 1. The highest BCUT2D eigenvalue weighted by Gasteiger charge is 2.29. The van der Waals surface area contributed by atoms with Crippen molar-refractivity contribution in [2.24, 2.45) is 0 Å². The van der Waals surface area contributed by atoms with Crippen LogP contribution in [0.4, 0.5) is 0 Å². The summed E-state index contributed by atoms with van der Waals surface area (Å²) in [6.07, 6.45) is 0. The SMILES string of the molecule is O=[N+]([O-])C(COS(=O)(=O)O)c1nc2ccccc2s1. The molecule has 1 aromatic carbocycles. The Kier molecular flexibility index (Phi) is 3.75. The fourth-order valence-electron chi connectivity index (χ4n) is 1.41. The zero-order chi connectivity index (χ0) is 14.0. The Balaban J connectivity index is 2.30. The fraction of sp³-hybridized carbons (Fsp3) is 0.222. The third-order valence-corrected chi connectivity index (χ3v) is 3.80. The monoisotopic (exact) mass is 304 g/mol. The van der Waals surface area contributed by atoms with E-state index >= 15 is 0 Å². The molecule has 0 bridgehead atoms. The Hall–Kier alpha value is -1.62. The highest BCUT2D eigenvalue weighted by Crippen LogP contribution is 2.28. The van der Waals surface area contributed by atoms with Gasteiger partial charge in [-0.3, -0.25) is 14.7 Å².